The van der Waals surface area contributed by atoms with Gasteiger partial charge < -0.3 is 14.7 Å². The van der Waals surface area contributed by atoms with Crippen LogP contribution in [-0.2, 0) is 20.9 Å². The average Bonchev–Trinajstić information content (AvgIpc) is 3.22. The minimum atomic E-state index is -1.05. The number of likely N-dealkylation sites (tertiary alicyclic amines) is 1. The summed E-state index contributed by atoms with van der Waals surface area (Å²) in [5, 5.41) is 21.8. The largest absolute Gasteiger partial charge is 0.480 e. The molecule has 10 heteroatoms. The van der Waals surface area contributed by atoms with Crippen molar-refractivity contribution in [3.63, 3.8) is 0 Å². The Morgan fingerprint density at radius 2 is 2.08 bits per heavy atom. The molecule has 132 valence electrons. The number of methoxy groups -OCH3 is 1. The summed E-state index contributed by atoms with van der Waals surface area (Å²) >= 11 is 5.84. The lowest BCUT2D eigenvalue weighted by atomic mass is 10.2. The first-order chi connectivity index (χ1) is 12.0. The number of tetrazole rings is 1. The second-order valence-electron chi connectivity index (χ2n) is 5.64. The average molecular weight is 366 g/mol. The van der Waals surface area contributed by atoms with Gasteiger partial charge in [0, 0.05) is 30.7 Å². The minimum absolute atomic E-state index is 0.194. The number of carboxylic acids is 1. The summed E-state index contributed by atoms with van der Waals surface area (Å²) in [6, 6.07) is 5.99. The second kappa shape index (κ2) is 7.16. The topological polar surface area (TPSA) is 110 Å². The lowest BCUT2D eigenvalue weighted by Crippen LogP contribution is -2.42. The number of hydrogen-bond donors (Lipinski definition) is 1. The van der Waals surface area contributed by atoms with Crippen molar-refractivity contribution in [2.45, 2.75) is 25.1 Å². The number of aromatic nitrogens is 4. The molecule has 0 bridgehead atoms. The molecule has 2 aromatic rings. The molecule has 1 N–H and O–H groups in total. The Hall–Kier alpha value is -2.52. The van der Waals surface area contributed by atoms with E-state index in [0.29, 0.717) is 16.4 Å². The lowest BCUT2D eigenvalue weighted by molar-refractivity contribution is -0.148. The van der Waals surface area contributed by atoms with Crippen molar-refractivity contribution in [2.75, 3.05) is 13.7 Å². The van der Waals surface area contributed by atoms with Gasteiger partial charge in [-0.05, 0) is 29.5 Å². The number of carbonyl (C=O) groups excluding carboxylic acids is 1. The number of ether oxygens (including phenoxy) is 1. The maximum absolute atomic E-state index is 12.4. The SMILES string of the molecule is COC1CC(C(=O)O)N(C(=O)Cn2nnc(-c3ccc(Cl)cc3)n2)C1. The van der Waals surface area contributed by atoms with Gasteiger partial charge in [-0.2, -0.15) is 4.80 Å². The van der Waals surface area contributed by atoms with Gasteiger partial charge >= 0.3 is 5.97 Å². The molecule has 1 fully saturated rings. The van der Waals surface area contributed by atoms with Crippen molar-refractivity contribution in [1.29, 1.82) is 0 Å². The Bertz CT molecular complexity index is 778. The molecule has 1 amide bonds. The molecule has 2 heterocycles. The molecule has 2 unspecified atom stereocenters. The highest BCUT2D eigenvalue weighted by atomic mass is 35.5. The summed E-state index contributed by atoms with van der Waals surface area (Å²) in [7, 11) is 1.49. The fourth-order valence-electron chi connectivity index (χ4n) is 2.71. The summed E-state index contributed by atoms with van der Waals surface area (Å²) in [6.45, 7) is 0.0336. The Morgan fingerprint density at radius 3 is 2.72 bits per heavy atom. The Labute approximate surface area is 148 Å². The molecule has 25 heavy (non-hydrogen) atoms. The summed E-state index contributed by atoms with van der Waals surface area (Å²) in [4.78, 5) is 26.2. The van der Waals surface area contributed by atoms with E-state index in [-0.39, 0.29) is 25.6 Å². The number of halogens is 1. The van der Waals surface area contributed by atoms with Gasteiger partial charge in [0.1, 0.15) is 12.6 Å². The van der Waals surface area contributed by atoms with Crippen molar-refractivity contribution in [3.8, 4) is 11.4 Å². The van der Waals surface area contributed by atoms with Crippen LogP contribution < -0.4 is 0 Å². The first-order valence-corrected chi connectivity index (χ1v) is 7.94. The molecule has 1 aromatic carbocycles. The maximum Gasteiger partial charge on any atom is 0.326 e. The summed E-state index contributed by atoms with van der Waals surface area (Å²) in [6.07, 6.45) is -0.0309. The van der Waals surface area contributed by atoms with E-state index in [9.17, 15) is 14.7 Å². The molecule has 9 nitrogen and oxygen atoms in total. The smallest absolute Gasteiger partial charge is 0.326 e. The van der Waals surface area contributed by atoms with Gasteiger partial charge in [-0.25, -0.2) is 4.79 Å². The van der Waals surface area contributed by atoms with Gasteiger partial charge in [-0.3, -0.25) is 4.79 Å². The van der Waals surface area contributed by atoms with Crippen LogP contribution in [0, 0.1) is 0 Å². The lowest BCUT2D eigenvalue weighted by Gasteiger charge is -2.20. The van der Waals surface area contributed by atoms with E-state index in [1.165, 1.54) is 12.0 Å². The van der Waals surface area contributed by atoms with E-state index in [1.54, 1.807) is 24.3 Å². The van der Waals surface area contributed by atoms with Crippen molar-refractivity contribution in [1.82, 2.24) is 25.1 Å². The number of hydrogen-bond acceptors (Lipinski definition) is 6. The third-order valence-electron chi connectivity index (χ3n) is 4.03. The van der Waals surface area contributed by atoms with Crippen molar-refractivity contribution in [3.05, 3.63) is 29.3 Å². The third kappa shape index (κ3) is 3.77. The van der Waals surface area contributed by atoms with E-state index < -0.39 is 17.9 Å². The van der Waals surface area contributed by atoms with Crippen LogP contribution >= 0.6 is 11.6 Å². The number of carbonyl (C=O) groups is 2. The van der Waals surface area contributed by atoms with Crippen LogP contribution in [0.4, 0.5) is 0 Å². The van der Waals surface area contributed by atoms with Gasteiger partial charge in [-0.15, -0.1) is 10.2 Å². The Kier molecular flexibility index (Phi) is 4.95. The van der Waals surface area contributed by atoms with Crippen LogP contribution in [0.15, 0.2) is 24.3 Å². The van der Waals surface area contributed by atoms with E-state index in [1.807, 2.05) is 0 Å². The van der Waals surface area contributed by atoms with Gasteiger partial charge in [-0.1, -0.05) is 11.6 Å². The quantitative estimate of drug-likeness (QED) is 0.830. The zero-order valence-electron chi connectivity index (χ0n) is 13.4. The normalized spacial score (nSPS) is 20.0. The highest BCUT2D eigenvalue weighted by Gasteiger charge is 2.39. The van der Waals surface area contributed by atoms with Gasteiger partial charge in [0.05, 0.1) is 6.10 Å². The van der Waals surface area contributed by atoms with Crippen LogP contribution in [0.1, 0.15) is 6.42 Å². The molecule has 3 rings (SSSR count). The van der Waals surface area contributed by atoms with E-state index in [4.69, 9.17) is 16.3 Å². The van der Waals surface area contributed by atoms with Crippen molar-refractivity contribution < 1.29 is 19.4 Å². The van der Waals surface area contributed by atoms with Crippen molar-refractivity contribution in [2.24, 2.45) is 0 Å². The highest BCUT2D eigenvalue weighted by molar-refractivity contribution is 6.30. The van der Waals surface area contributed by atoms with E-state index in [2.05, 4.69) is 15.4 Å². The zero-order chi connectivity index (χ0) is 18.0. The minimum Gasteiger partial charge on any atom is -0.480 e. The second-order valence-corrected chi connectivity index (χ2v) is 6.08. The number of aliphatic carboxylic acids is 1. The van der Waals surface area contributed by atoms with Gasteiger partial charge in [0.25, 0.3) is 0 Å². The molecule has 0 aliphatic carbocycles. The Balaban J connectivity index is 1.71. The fourth-order valence-corrected chi connectivity index (χ4v) is 2.84. The van der Waals surface area contributed by atoms with Crippen LogP contribution in [0.2, 0.25) is 5.02 Å². The highest BCUT2D eigenvalue weighted by Crippen LogP contribution is 2.21. The molecule has 1 saturated heterocycles. The fraction of sp³-hybridized carbons (Fsp3) is 0.400. The molecule has 0 radical (unpaired) electrons. The predicted molar refractivity (Wildman–Crippen MR) is 86.8 cm³/mol. The first kappa shape index (κ1) is 17.3. The first-order valence-electron chi connectivity index (χ1n) is 7.56. The molecule has 1 aromatic heterocycles. The number of rotatable bonds is 5. The summed E-state index contributed by atoms with van der Waals surface area (Å²) in [5.74, 6) is -1.09. The number of carboxylic acid groups (broad SMARTS) is 1. The van der Waals surface area contributed by atoms with Crippen molar-refractivity contribution >= 4 is 23.5 Å². The van der Waals surface area contributed by atoms with Gasteiger partial charge in [0.2, 0.25) is 11.7 Å². The molecule has 0 spiro atoms. The number of benzene rings is 1. The monoisotopic (exact) mass is 365 g/mol. The number of nitrogens with zero attached hydrogens (tertiary/aromatic N) is 5. The predicted octanol–water partition coefficient (Wildman–Crippen LogP) is 0.694. The summed E-state index contributed by atoms with van der Waals surface area (Å²) in [5.41, 5.74) is 0.715. The maximum atomic E-state index is 12.4. The molecule has 1 aliphatic heterocycles. The molecule has 2 atom stereocenters. The van der Waals surface area contributed by atoms with Crippen LogP contribution in [0.3, 0.4) is 0 Å². The van der Waals surface area contributed by atoms with Crippen LogP contribution in [-0.4, -0.2) is 67.9 Å². The van der Waals surface area contributed by atoms with Crippen LogP contribution in [0.25, 0.3) is 11.4 Å². The van der Waals surface area contributed by atoms with E-state index in [0.717, 1.165) is 4.80 Å². The molecular formula is C15H16ClN5O4. The number of amides is 1. The molecular weight excluding hydrogens is 350 g/mol. The van der Waals surface area contributed by atoms with Gasteiger partial charge in [0.15, 0.2) is 0 Å². The third-order valence-corrected chi connectivity index (χ3v) is 4.29. The molecule has 1 aliphatic rings. The molecule has 0 saturated carbocycles. The van der Waals surface area contributed by atoms with Crippen LogP contribution in [0.5, 0.6) is 0 Å². The summed E-state index contributed by atoms with van der Waals surface area (Å²) < 4.78 is 5.18. The van der Waals surface area contributed by atoms with E-state index >= 15 is 0 Å². The Morgan fingerprint density at radius 1 is 1.36 bits per heavy atom. The standard InChI is InChI=1S/C15H16ClN5O4/c1-25-11-6-12(15(23)24)20(7-11)13(22)8-21-18-14(17-19-21)9-2-4-10(16)5-3-9/h2-5,11-12H,6-8H2,1H3,(H,23,24). The zero-order valence-corrected chi connectivity index (χ0v) is 14.1.